The van der Waals surface area contributed by atoms with Gasteiger partial charge in [-0.25, -0.2) is 0 Å². The lowest BCUT2D eigenvalue weighted by atomic mass is 10.1. The maximum absolute atomic E-state index is 10.6. The molecule has 96 valence electrons. The van der Waals surface area contributed by atoms with Crippen LogP contribution in [0.3, 0.4) is 0 Å². The molecule has 0 bridgehead atoms. The molecular weight excluding hydrogens is 238 g/mol. The Balaban J connectivity index is 1.76. The highest BCUT2D eigenvalue weighted by Crippen LogP contribution is 2.28. The number of rotatable bonds is 3. The molecule has 1 aliphatic rings. The predicted octanol–water partition coefficient (Wildman–Crippen LogP) is 2.83. The molecule has 19 heavy (non-hydrogen) atoms. The van der Waals surface area contributed by atoms with Crippen molar-refractivity contribution in [3.8, 4) is 0 Å². The minimum Gasteiger partial charge on any atom is -0.481 e. The summed E-state index contributed by atoms with van der Waals surface area (Å²) in [5.41, 5.74) is 4.73. The summed E-state index contributed by atoms with van der Waals surface area (Å²) in [6.07, 6.45) is 0.0838. The van der Waals surface area contributed by atoms with Gasteiger partial charge in [-0.3, -0.25) is 4.79 Å². The molecule has 0 saturated heterocycles. The summed E-state index contributed by atoms with van der Waals surface area (Å²) in [6, 6.07) is 16.3. The molecule has 3 nitrogen and oxygen atoms in total. The van der Waals surface area contributed by atoms with Gasteiger partial charge in [0.05, 0.1) is 6.42 Å². The Hall–Kier alpha value is -2.29. The summed E-state index contributed by atoms with van der Waals surface area (Å²) in [6.45, 7) is 1.85. The van der Waals surface area contributed by atoms with E-state index < -0.39 is 5.97 Å². The van der Waals surface area contributed by atoms with Crippen LogP contribution < -0.4 is 4.90 Å². The van der Waals surface area contributed by atoms with Crippen LogP contribution in [0, 0.1) is 0 Å². The number of hydrogen-bond donors (Lipinski definition) is 1. The molecule has 0 spiro atoms. The number of fused-ring (bicyclic) bond motifs is 1. The number of anilines is 1. The summed E-state index contributed by atoms with van der Waals surface area (Å²) in [5, 5.41) is 8.76. The van der Waals surface area contributed by atoms with Crippen molar-refractivity contribution in [3.05, 3.63) is 65.2 Å². The first-order valence-electron chi connectivity index (χ1n) is 6.35. The van der Waals surface area contributed by atoms with Gasteiger partial charge in [-0.1, -0.05) is 36.4 Å². The largest absolute Gasteiger partial charge is 0.481 e. The molecular formula is C16H15NO2. The molecule has 0 saturated carbocycles. The molecule has 3 rings (SSSR count). The Morgan fingerprint density at radius 2 is 1.58 bits per heavy atom. The lowest BCUT2D eigenvalue weighted by molar-refractivity contribution is -0.136. The summed E-state index contributed by atoms with van der Waals surface area (Å²) >= 11 is 0. The van der Waals surface area contributed by atoms with Crippen molar-refractivity contribution in [2.24, 2.45) is 0 Å². The second-order valence-corrected chi connectivity index (χ2v) is 4.86. The molecule has 3 heteroatoms. The molecule has 0 aromatic heterocycles. The van der Waals surface area contributed by atoms with Gasteiger partial charge in [0.1, 0.15) is 0 Å². The van der Waals surface area contributed by atoms with Crippen LogP contribution in [0.5, 0.6) is 0 Å². The van der Waals surface area contributed by atoms with Crippen LogP contribution >= 0.6 is 0 Å². The minimum atomic E-state index is -0.790. The Morgan fingerprint density at radius 3 is 2.11 bits per heavy atom. The zero-order valence-electron chi connectivity index (χ0n) is 10.5. The normalized spacial score (nSPS) is 13.4. The first-order valence-corrected chi connectivity index (χ1v) is 6.35. The number of benzene rings is 2. The SMILES string of the molecule is O=C(O)Cc1ccc(N2Cc3ccccc3C2)cc1. The predicted molar refractivity (Wildman–Crippen MR) is 74.1 cm³/mol. The molecule has 0 amide bonds. The lowest BCUT2D eigenvalue weighted by Gasteiger charge is -2.17. The number of aliphatic carboxylic acids is 1. The van der Waals surface area contributed by atoms with Crippen molar-refractivity contribution in [1.29, 1.82) is 0 Å². The van der Waals surface area contributed by atoms with Gasteiger partial charge in [-0.15, -0.1) is 0 Å². The van der Waals surface area contributed by atoms with Crippen molar-refractivity contribution >= 4 is 11.7 Å². The van der Waals surface area contributed by atoms with Gasteiger partial charge >= 0.3 is 5.97 Å². The van der Waals surface area contributed by atoms with Crippen LogP contribution in [0.25, 0.3) is 0 Å². The molecule has 0 unspecified atom stereocenters. The molecule has 1 N–H and O–H groups in total. The van der Waals surface area contributed by atoms with E-state index in [1.54, 1.807) is 0 Å². The first kappa shape index (κ1) is 11.8. The van der Waals surface area contributed by atoms with Crippen LogP contribution in [-0.2, 0) is 24.3 Å². The smallest absolute Gasteiger partial charge is 0.307 e. The third-order valence-corrected chi connectivity index (χ3v) is 3.50. The Morgan fingerprint density at radius 1 is 1.00 bits per heavy atom. The van der Waals surface area contributed by atoms with E-state index in [0.717, 1.165) is 24.3 Å². The van der Waals surface area contributed by atoms with Gasteiger partial charge in [0.25, 0.3) is 0 Å². The van der Waals surface area contributed by atoms with Gasteiger partial charge in [0.15, 0.2) is 0 Å². The topological polar surface area (TPSA) is 40.5 Å². The summed E-state index contributed by atoms with van der Waals surface area (Å²) in [7, 11) is 0. The maximum Gasteiger partial charge on any atom is 0.307 e. The Bertz CT molecular complexity index is 579. The highest BCUT2D eigenvalue weighted by molar-refractivity contribution is 5.70. The zero-order valence-corrected chi connectivity index (χ0v) is 10.5. The number of hydrogen-bond acceptors (Lipinski definition) is 2. The van der Waals surface area contributed by atoms with E-state index in [9.17, 15) is 4.79 Å². The highest BCUT2D eigenvalue weighted by Gasteiger charge is 2.18. The summed E-state index contributed by atoms with van der Waals surface area (Å²) in [5.74, 6) is -0.790. The van der Waals surface area contributed by atoms with E-state index in [1.165, 1.54) is 11.1 Å². The molecule has 0 atom stereocenters. The van der Waals surface area contributed by atoms with Crippen LogP contribution in [0.2, 0.25) is 0 Å². The fraction of sp³-hybridized carbons (Fsp3) is 0.188. The number of carboxylic acids is 1. The van der Waals surface area contributed by atoms with Crippen LogP contribution in [-0.4, -0.2) is 11.1 Å². The van der Waals surface area contributed by atoms with Crippen molar-refractivity contribution in [2.75, 3.05) is 4.90 Å². The standard InChI is InChI=1S/C16H15NO2/c18-16(19)9-12-5-7-15(8-6-12)17-10-13-3-1-2-4-14(13)11-17/h1-8H,9-11H2,(H,18,19). The Kier molecular flexibility index (Phi) is 2.95. The quantitative estimate of drug-likeness (QED) is 0.914. The second kappa shape index (κ2) is 4.76. The zero-order chi connectivity index (χ0) is 13.2. The van der Waals surface area contributed by atoms with Gasteiger partial charge in [-0.2, -0.15) is 0 Å². The molecule has 0 radical (unpaired) electrons. The minimum absolute atomic E-state index is 0.0838. The van der Waals surface area contributed by atoms with Gasteiger partial charge in [0.2, 0.25) is 0 Å². The maximum atomic E-state index is 10.6. The average Bonchev–Trinajstić information content (AvgIpc) is 2.82. The van der Waals surface area contributed by atoms with Gasteiger partial charge < -0.3 is 10.0 Å². The Labute approximate surface area is 112 Å². The van der Waals surface area contributed by atoms with Crippen molar-refractivity contribution in [2.45, 2.75) is 19.5 Å². The molecule has 0 fully saturated rings. The van der Waals surface area contributed by atoms with Crippen LogP contribution in [0.4, 0.5) is 5.69 Å². The number of nitrogens with zero attached hydrogens (tertiary/aromatic N) is 1. The summed E-state index contributed by atoms with van der Waals surface area (Å²) < 4.78 is 0. The fourth-order valence-corrected chi connectivity index (χ4v) is 2.51. The van der Waals surface area contributed by atoms with E-state index in [4.69, 9.17) is 5.11 Å². The molecule has 1 heterocycles. The van der Waals surface area contributed by atoms with Gasteiger partial charge in [-0.05, 0) is 28.8 Å². The third-order valence-electron chi connectivity index (χ3n) is 3.50. The van der Waals surface area contributed by atoms with E-state index in [2.05, 4.69) is 29.2 Å². The van der Waals surface area contributed by atoms with Crippen molar-refractivity contribution in [3.63, 3.8) is 0 Å². The monoisotopic (exact) mass is 253 g/mol. The first-order chi connectivity index (χ1) is 9.22. The molecule has 2 aromatic carbocycles. The van der Waals surface area contributed by atoms with E-state index in [-0.39, 0.29) is 6.42 Å². The second-order valence-electron chi connectivity index (χ2n) is 4.86. The number of carbonyl (C=O) groups is 1. The van der Waals surface area contributed by atoms with E-state index >= 15 is 0 Å². The average molecular weight is 253 g/mol. The highest BCUT2D eigenvalue weighted by atomic mass is 16.4. The third kappa shape index (κ3) is 2.45. The molecule has 2 aromatic rings. The lowest BCUT2D eigenvalue weighted by Crippen LogP contribution is -2.14. The molecule has 0 aliphatic carbocycles. The van der Waals surface area contributed by atoms with E-state index in [1.807, 2.05) is 24.3 Å². The van der Waals surface area contributed by atoms with Crippen molar-refractivity contribution in [1.82, 2.24) is 0 Å². The van der Waals surface area contributed by atoms with Gasteiger partial charge in [0, 0.05) is 18.8 Å². The fourth-order valence-electron chi connectivity index (χ4n) is 2.51. The number of carboxylic acid groups (broad SMARTS) is 1. The van der Waals surface area contributed by atoms with Crippen LogP contribution in [0.1, 0.15) is 16.7 Å². The van der Waals surface area contributed by atoms with E-state index in [0.29, 0.717) is 0 Å². The van der Waals surface area contributed by atoms with Crippen LogP contribution in [0.15, 0.2) is 48.5 Å². The molecule has 1 aliphatic heterocycles. The van der Waals surface area contributed by atoms with Crippen molar-refractivity contribution < 1.29 is 9.90 Å². The summed E-state index contributed by atoms with van der Waals surface area (Å²) in [4.78, 5) is 12.9.